The molecule has 1 aliphatic rings. The van der Waals surface area contributed by atoms with Crippen molar-refractivity contribution in [3.8, 4) is 0 Å². The quantitative estimate of drug-likeness (QED) is 0.687. The molecule has 1 aliphatic heterocycles. The Labute approximate surface area is 74.1 Å². The van der Waals surface area contributed by atoms with E-state index in [1.165, 1.54) is 0 Å². The fourth-order valence-corrected chi connectivity index (χ4v) is 1.91. The minimum absolute atomic E-state index is 0.154. The van der Waals surface area contributed by atoms with E-state index in [2.05, 4.69) is 24.1 Å². The van der Waals surface area contributed by atoms with E-state index in [1.54, 1.807) is 0 Å². The summed E-state index contributed by atoms with van der Waals surface area (Å²) in [7, 11) is 0. The molecule has 0 spiro atoms. The molecule has 0 aromatic heterocycles. The molecule has 3 heteroatoms. The summed E-state index contributed by atoms with van der Waals surface area (Å²) in [5, 5.41) is 3.07. The highest BCUT2D eigenvalue weighted by atomic mass is 19.1. The van der Waals surface area contributed by atoms with Gasteiger partial charge in [0.1, 0.15) is 6.17 Å². The van der Waals surface area contributed by atoms with Gasteiger partial charge < -0.3 is 5.32 Å². The lowest BCUT2D eigenvalue weighted by molar-refractivity contribution is 0.0930. The van der Waals surface area contributed by atoms with Gasteiger partial charge in [-0.2, -0.15) is 0 Å². The standard InChI is InChI=1S/C9H19FN2/c1-3-12(4-2)9-5-6-11-7-8(9)10/h8-9,11H,3-7H2,1-2H3/t8-,9-/m1/s1. The van der Waals surface area contributed by atoms with Gasteiger partial charge in [0.05, 0.1) is 0 Å². The minimum Gasteiger partial charge on any atom is -0.314 e. The van der Waals surface area contributed by atoms with Crippen molar-refractivity contribution in [2.24, 2.45) is 0 Å². The Morgan fingerprint density at radius 3 is 2.58 bits per heavy atom. The first-order chi connectivity index (χ1) is 5.79. The average Bonchev–Trinajstić information content (AvgIpc) is 2.10. The second-order valence-electron chi connectivity index (χ2n) is 3.30. The molecule has 0 radical (unpaired) electrons. The largest absolute Gasteiger partial charge is 0.314 e. The Hall–Kier alpha value is -0.150. The maximum Gasteiger partial charge on any atom is 0.128 e. The van der Waals surface area contributed by atoms with Crippen molar-refractivity contribution in [1.82, 2.24) is 10.2 Å². The van der Waals surface area contributed by atoms with Crippen LogP contribution in [0.1, 0.15) is 20.3 Å². The number of hydrogen-bond acceptors (Lipinski definition) is 2. The second kappa shape index (κ2) is 4.77. The summed E-state index contributed by atoms with van der Waals surface area (Å²) in [6.07, 6.45) is 0.265. The Kier molecular flexibility index (Phi) is 3.95. The van der Waals surface area contributed by atoms with Crippen molar-refractivity contribution in [3.63, 3.8) is 0 Å². The number of alkyl halides is 1. The molecule has 1 heterocycles. The third-order valence-electron chi connectivity index (χ3n) is 2.66. The van der Waals surface area contributed by atoms with Crippen molar-refractivity contribution < 1.29 is 4.39 Å². The van der Waals surface area contributed by atoms with Crippen LogP contribution in [-0.4, -0.2) is 43.3 Å². The van der Waals surface area contributed by atoms with Crippen LogP contribution in [0.5, 0.6) is 0 Å². The van der Waals surface area contributed by atoms with Crippen LogP contribution >= 0.6 is 0 Å². The molecule has 72 valence electrons. The third-order valence-corrected chi connectivity index (χ3v) is 2.66. The number of piperidine rings is 1. The van der Waals surface area contributed by atoms with E-state index in [-0.39, 0.29) is 6.04 Å². The van der Waals surface area contributed by atoms with E-state index in [1.807, 2.05) is 0 Å². The minimum atomic E-state index is -0.682. The fourth-order valence-electron chi connectivity index (χ4n) is 1.91. The molecule has 2 nitrogen and oxygen atoms in total. The second-order valence-corrected chi connectivity index (χ2v) is 3.30. The molecule has 12 heavy (non-hydrogen) atoms. The molecule has 0 aromatic rings. The first kappa shape index (κ1) is 9.93. The van der Waals surface area contributed by atoms with Crippen LogP contribution in [0.4, 0.5) is 4.39 Å². The zero-order chi connectivity index (χ0) is 8.97. The molecule has 1 fully saturated rings. The van der Waals surface area contributed by atoms with E-state index in [4.69, 9.17) is 0 Å². The highest BCUT2D eigenvalue weighted by Gasteiger charge is 2.27. The van der Waals surface area contributed by atoms with E-state index in [0.717, 1.165) is 26.1 Å². The summed E-state index contributed by atoms with van der Waals surface area (Å²) < 4.78 is 13.4. The van der Waals surface area contributed by atoms with Gasteiger partial charge in [-0.1, -0.05) is 13.8 Å². The lowest BCUT2D eigenvalue weighted by atomic mass is 10.0. The summed E-state index contributed by atoms with van der Waals surface area (Å²) >= 11 is 0. The Morgan fingerprint density at radius 2 is 2.08 bits per heavy atom. The SMILES string of the molecule is CCN(CC)[C@@H]1CCNC[C@H]1F. The fraction of sp³-hybridized carbons (Fsp3) is 1.00. The van der Waals surface area contributed by atoms with Gasteiger partial charge in [-0.05, 0) is 26.1 Å². The van der Waals surface area contributed by atoms with Gasteiger partial charge in [-0.3, -0.25) is 4.90 Å². The van der Waals surface area contributed by atoms with Crippen LogP contribution in [0.25, 0.3) is 0 Å². The zero-order valence-electron chi connectivity index (χ0n) is 8.02. The Morgan fingerprint density at radius 1 is 1.42 bits per heavy atom. The van der Waals surface area contributed by atoms with Crippen molar-refractivity contribution in [3.05, 3.63) is 0 Å². The number of nitrogens with one attached hydrogen (secondary N) is 1. The number of nitrogens with zero attached hydrogens (tertiary/aromatic N) is 1. The van der Waals surface area contributed by atoms with Crippen LogP contribution in [0, 0.1) is 0 Å². The molecule has 1 N–H and O–H groups in total. The third kappa shape index (κ3) is 2.17. The van der Waals surface area contributed by atoms with Gasteiger partial charge in [0, 0.05) is 12.6 Å². The van der Waals surface area contributed by atoms with E-state index >= 15 is 0 Å². The van der Waals surface area contributed by atoms with Crippen molar-refractivity contribution in [2.75, 3.05) is 26.2 Å². The highest BCUT2D eigenvalue weighted by Crippen LogP contribution is 2.14. The lowest BCUT2D eigenvalue weighted by Gasteiger charge is -2.35. The van der Waals surface area contributed by atoms with Gasteiger partial charge in [0.25, 0.3) is 0 Å². The van der Waals surface area contributed by atoms with Crippen molar-refractivity contribution in [2.45, 2.75) is 32.5 Å². The van der Waals surface area contributed by atoms with Gasteiger partial charge in [0.2, 0.25) is 0 Å². The molecule has 1 saturated heterocycles. The number of hydrogen-bond donors (Lipinski definition) is 1. The molecule has 0 unspecified atom stereocenters. The number of halogens is 1. The predicted molar refractivity (Wildman–Crippen MR) is 49.1 cm³/mol. The molecule has 0 aromatic carbocycles. The summed E-state index contributed by atoms with van der Waals surface area (Å²) in [6.45, 7) is 7.60. The van der Waals surface area contributed by atoms with E-state index < -0.39 is 6.17 Å². The molecule has 1 rings (SSSR count). The van der Waals surface area contributed by atoms with Crippen molar-refractivity contribution >= 4 is 0 Å². The maximum absolute atomic E-state index is 13.4. The van der Waals surface area contributed by atoms with Gasteiger partial charge >= 0.3 is 0 Å². The predicted octanol–water partition coefficient (Wildman–Crippen LogP) is 1.03. The molecular formula is C9H19FN2. The number of rotatable bonds is 3. The van der Waals surface area contributed by atoms with Crippen LogP contribution in [0.3, 0.4) is 0 Å². The van der Waals surface area contributed by atoms with Crippen LogP contribution < -0.4 is 5.32 Å². The Bertz CT molecular complexity index is 126. The van der Waals surface area contributed by atoms with E-state index in [9.17, 15) is 4.39 Å². The summed E-state index contributed by atoms with van der Waals surface area (Å²) in [6, 6.07) is 0.154. The topological polar surface area (TPSA) is 15.3 Å². The van der Waals surface area contributed by atoms with Crippen molar-refractivity contribution in [1.29, 1.82) is 0 Å². The molecule has 0 bridgehead atoms. The first-order valence-corrected chi connectivity index (χ1v) is 4.88. The normalized spacial score (nSPS) is 31.0. The Balaban J connectivity index is 2.45. The molecule has 2 atom stereocenters. The smallest absolute Gasteiger partial charge is 0.128 e. The van der Waals surface area contributed by atoms with Gasteiger partial charge in [-0.25, -0.2) is 4.39 Å². The van der Waals surface area contributed by atoms with Crippen LogP contribution in [0.2, 0.25) is 0 Å². The molecule has 0 saturated carbocycles. The zero-order valence-corrected chi connectivity index (χ0v) is 8.02. The van der Waals surface area contributed by atoms with E-state index in [0.29, 0.717) is 6.54 Å². The van der Waals surface area contributed by atoms with Gasteiger partial charge in [0.15, 0.2) is 0 Å². The summed E-state index contributed by atoms with van der Waals surface area (Å²) in [4.78, 5) is 2.21. The first-order valence-electron chi connectivity index (χ1n) is 4.88. The molecular weight excluding hydrogens is 155 g/mol. The summed E-state index contributed by atoms with van der Waals surface area (Å²) in [5.41, 5.74) is 0. The highest BCUT2D eigenvalue weighted by molar-refractivity contribution is 4.84. The maximum atomic E-state index is 13.4. The average molecular weight is 174 g/mol. The van der Waals surface area contributed by atoms with Gasteiger partial charge in [-0.15, -0.1) is 0 Å². The molecule has 0 aliphatic carbocycles. The lowest BCUT2D eigenvalue weighted by Crippen LogP contribution is -2.50. The molecule has 0 amide bonds. The summed E-state index contributed by atoms with van der Waals surface area (Å²) in [5.74, 6) is 0. The van der Waals surface area contributed by atoms with Crippen LogP contribution in [-0.2, 0) is 0 Å². The van der Waals surface area contributed by atoms with Crippen LogP contribution in [0.15, 0.2) is 0 Å². The monoisotopic (exact) mass is 174 g/mol.